The Morgan fingerprint density at radius 3 is 2.90 bits per heavy atom. The van der Waals surface area contributed by atoms with Crippen molar-refractivity contribution in [3.05, 3.63) is 36.2 Å². The topological polar surface area (TPSA) is 83.2 Å². The molecular weight excluding hydrogens is 264 g/mol. The van der Waals surface area contributed by atoms with E-state index >= 15 is 0 Å². The molecule has 0 spiro atoms. The van der Waals surface area contributed by atoms with E-state index in [9.17, 15) is 0 Å². The van der Waals surface area contributed by atoms with Crippen LogP contribution in [0.5, 0.6) is 0 Å². The molecule has 1 fully saturated rings. The van der Waals surface area contributed by atoms with Crippen LogP contribution in [0.25, 0.3) is 11.4 Å². The number of benzene rings is 1. The molecule has 1 aromatic heterocycles. The molecular formula is C15H20N6. The minimum atomic E-state index is 0.588. The van der Waals surface area contributed by atoms with Crippen LogP contribution in [0, 0.1) is 0 Å². The number of guanidine groups is 1. The zero-order valence-corrected chi connectivity index (χ0v) is 12.0. The van der Waals surface area contributed by atoms with Crippen molar-refractivity contribution < 1.29 is 0 Å². The maximum atomic E-state index is 6.08. The Kier molecular flexibility index (Phi) is 4.14. The average Bonchev–Trinajstić information content (AvgIpc) is 3.08. The van der Waals surface area contributed by atoms with Crippen LogP contribution in [0.2, 0.25) is 0 Å². The second-order valence-corrected chi connectivity index (χ2v) is 5.26. The lowest BCUT2D eigenvalue weighted by Gasteiger charge is -2.27. The van der Waals surface area contributed by atoms with Gasteiger partial charge in [0.2, 0.25) is 0 Å². The predicted molar refractivity (Wildman–Crippen MR) is 82.6 cm³/mol. The van der Waals surface area contributed by atoms with Crippen LogP contribution in [-0.2, 0) is 6.54 Å². The maximum absolute atomic E-state index is 6.08. The fourth-order valence-electron chi connectivity index (χ4n) is 2.56. The fraction of sp³-hybridized carbons (Fsp3) is 0.400. The van der Waals surface area contributed by atoms with Crippen LogP contribution in [0.4, 0.5) is 0 Å². The summed E-state index contributed by atoms with van der Waals surface area (Å²) in [5.41, 5.74) is 8.20. The minimum Gasteiger partial charge on any atom is -0.370 e. The molecule has 2 aromatic rings. The number of piperidine rings is 1. The highest BCUT2D eigenvalue weighted by molar-refractivity contribution is 5.78. The van der Waals surface area contributed by atoms with E-state index in [-0.39, 0.29) is 0 Å². The highest BCUT2D eigenvalue weighted by Gasteiger charge is 2.11. The van der Waals surface area contributed by atoms with Crippen molar-refractivity contribution in [1.29, 1.82) is 0 Å². The number of aliphatic imine (C=N–C) groups is 1. The molecule has 0 saturated carbocycles. The number of aromatic nitrogens is 3. The SMILES string of the molecule is NC(=NCc1cccc(-c2ncn[nH]2)c1)N1CCCCC1. The number of nitrogens with two attached hydrogens (primary N) is 1. The first kappa shape index (κ1) is 13.6. The van der Waals surface area contributed by atoms with E-state index in [1.165, 1.54) is 25.6 Å². The Bertz CT molecular complexity index is 598. The standard InChI is InChI=1S/C15H20N6/c16-15(21-7-2-1-3-8-21)17-10-12-5-4-6-13(9-12)14-18-11-19-20-14/h4-6,9,11H,1-3,7-8,10H2,(H2,16,17)(H,18,19,20). The zero-order valence-electron chi connectivity index (χ0n) is 12.0. The van der Waals surface area contributed by atoms with Gasteiger partial charge in [-0.1, -0.05) is 18.2 Å². The smallest absolute Gasteiger partial charge is 0.191 e. The van der Waals surface area contributed by atoms with Crippen LogP contribution < -0.4 is 5.73 Å². The molecule has 1 saturated heterocycles. The van der Waals surface area contributed by atoms with Gasteiger partial charge < -0.3 is 10.6 Å². The first-order valence-electron chi connectivity index (χ1n) is 7.32. The van der Waals surface area contributed by atoms with Gasteiger partial charge in [-0.05, 0) is 30.9 Å². The summed E-state index contributed by atoms with van der Waals surface area (Å²) >= 11 is 0. The lowest BCUT2D eigenvalue weighted by Crippen LogP contribution is -2.40. The number of aromatic amines is 1. The van der Waals surface area contributed by atoms with Gasteiger partial charge in [-0.15, -0.1) is 0 Å². The molecule has 1 aromatic carbocycles. The van der Waals surface area contributed by atoms with Crippen molar-refractivity contribution in [3.8, 4) is 11.4 Å². The molecule has 110 valence electrons. The van der Waals surface area contributed by atoms with Crippen LogP contribution in [0.15, 0.2) is 35.6 Å². The van der Waals surface area contributed by atoms with Gasteiger partial charge in [0.05, 0.1) is 6.54 Å². The fourth-order valence-corrected chi connectivity index (χ4v) is 2.56. The molecule has 3 rings (SSSR count). The van der Waals surface area contributed by atoms with E-state index in [2.05, 4.69) is 31.1 Å². The highest BCUT2D eigenvalue weighted by Crippen LogP contribution is 2.16. The summed E-state index contributed by atoms with van der Waals surface area (Å²) in [6, 6.07) is 8.11. The molecule has 1 aliphatic rings. The Labute approximate surface area is 124 Å². The largest absolute Gasteiger partial charge is 0.370 e. The van der Waals surface area contributed by atoms with E-state index in [4.69, 9.17) is 5.73 Å². The molecule has 0 unspecified atom stereocenters. The van der Waals surface area contributed by atoms with Crippen LogP contribution >= 0.6 is 0 Å². The van der Waals surface area contributed by atoms with Gasteiger partial charge in [0, 0.05) is 18.7 Å². The number of hydrogen-bond donors (Lipinski definition) is 2. The van der Waals surface area contributed by atoms with Crippen molar-refractivity contribution in [2.45, 2.75) is 25.8 Å². The minimum absolute atomic E-state index is 0.588. The number of hydrogen-bond acceptors (Lipinski definition) is 3. The van der Waals surface area contributed by atoms with Gasteiger partial charge >= 0.3 is 0 Å². The molecule has 1 aliphatic heterocycles. The van der Waals surface area contributed by atoms with Crippen LogP contribution in [-0.4, -0.2) is 39.1 Å². The van der Waals surface area contributed by atoms with Gasteiger partial charge in [0.1, 0.15) is 6.33 Å². The summed E-state index contributed by atoms with van der Waals surface area (Å²) in [6.07, 6.45) is 5.21. The number of nitrogens with zero attached hydrogens (tertiary/aromatic N) is 4. The summed E-state index contributed by atoms with van der Waals surface area (Å²) in [5.74, 6) is 1.42. The Morgan fingerprint density at radius 1 is 1.29 bits per heavy atom. The molecule has 3 N–H and O–H groups in total. The van der Waals surface area contributed by atoms with E-state index in [1.54, 1.807) is 0 Å². The van der Waals surface area contributed by atoms with E-state index < -0.39 is 0 Å². The molecule has 21 heavy (non-hydrogen) atoms. The molecule has 0 radical (unpaired) electrons. The highest BCUT2D eigenvalue weighted by atomic mass is 15.2. The second kappa shape index (κ2) is 6.39. The monoisotopic (exact) mass is 284 g/mol. The van der Waals surface area contributed by atoms with Crippen molar-refractivity contribution in [1.82, 2.24) is 20.1 Å². The molecule has 0 aliphatic carbocycles. The normalized spacial score (nSPS) is 16.2. The number of likely N-dealkylation sites (tertiary alicyclic amines) is 1. The molecule has 2 heterocycles. The summed E-state index contributed by atoms with van der Waals surface area (Å²) in [6.45, 7) is 2.63. The summed E-state index contributed by atoms with van der Waals surface area (Å²) in [5, 5.41) is 6.74. The number of rotatable bonds is 3. The van der Waals surface area contributed by atoms with Crippen LogP contribution in [0.3, 0.4) is 0 Å². The molecule has 6 heteroatoms. The Morgan fingerprint density at radius 2 is 2.14 bits per heavy atom. The van der Waals surface area contributed by atoms with Crippen molar-refractivity contribution in [3.63, 3.8) is 0 Å². The molecule has 0 amide bonds. The van der Waals surface area contributed by atoms with Crippen molar-refractivity contribution in [2.75, 3.05) is 13.1 Å². The first-order chi connectivity index (χ1) is 10.3. The van der Waals surface area contributed by atoms with E-state index in [0.717, 1.165) is 30.0 Å². The zero-order chi connectivity index (χ0) is 14.5. The van der Waals surface area contributed by atoms with Crippen molar-refractivity contribution >= 4 is 5.96 Å². The van der Waals surface area contributed by atoms with Gasteiger partial charge in [-0.3, -0.25) is 5.10 Å². The second-order valence-electron chi connectivity index (χ2n) is 5.26. The Balaban J connectivity index is 1.68. The van der Waals surface area contributed by atoms with Gasteiger partial charge in [0.25, 0.3) is 0 Å². The molecule has 0 bridgehead atoms. The third-order valence-electron chi connectivity index (χ3n) is 3.72. The molecule has 0 atom stereocenters. The summed E-state index contributed by atoms with van der Waals surface area (Å²) < 4.78 is 0. The predicted octanol–water partition coefficient (Wildman–Crippen LogP) is 1.77. The van der Waals surface area contributed by atoms with E-state index in [1.807, 2.05) is 18.2 Å². The molecule has 6 nitrogen and oxygen atoms in total. The lowest BCUT2D eigenvalue weighted by atomic mass is 10.1. The maximum Gasteiger partial charge on any atom is 0.191 e. The third kappa shape index (κ3) is 3.39. The van der Waals surface area contributed by atoms with Gasteiger partial charge in [0.15, 0.2) is 11.8 Å². The lowest BCUT2D eigenvalue weighted by molar-refractivity contribution is 0.338. The number of H-pyrrole nitrogens is 1. The quantitative estimate of drug-likeness (QED) is 0.664. The first-order valence-corrected chi connectivity index (χ1v) is 7.32. The summed E-state index contributed by atoms with van der Waals surface area (Å²) in [4.78, 5) is 10.8. The Hall–Kier alpha value is -2.37. The van der Waals surface area contributed by atoms with Gasteiger partial charge in [-0.25, -0.2) is 9.98 Å². The number of nitrogens with one attached hydrogen (secondary N) is 1. The summed E-state index contributed by atoms with van der Waals surface area (Å²) in [7, 11) is 0. The average molecular weight is 284 g/mol. The van der Waals surface area contributed by atoms with Crippen LogP contribution in [0.1, 0.15) is 24.8 Å². The van der Waals surface area contributed by atoms with Crippen molar-refractivity contribution in [2.24, 2.45) is 10.7 Å². The van der Waals surface area contributed by atoms with E-state index in [0.29, 0.717) is 12.5 Å². The third-order valence-corrected chi connectivity index (χ3v) is 3.72. The van der Waals surface area contributed by atoms with Gasteiger partial charge in [-0.2, -0.15) is 5.10 Å².